The molecule has 7 heteroatoms. The lowest BCUT2D eigenvalue weighted by atomic mass is 9.93. The number of carbonyl (C=O) groups is 1. The zero-order valence-corrected chi connectivity index (χ0v) is 15.1. The van der Waals surface area contributed by atoms with Crippen LogP contribution in [0.25, 0.3) is 5.57 Å². The Hall–Kier alpha value is -2.46. The molecule has 5 nitrogen and oxygen atoms in total. The average molecular weight is 375 g/mol. The molecular formula is C20H23F2N3O2. The third kappa shape index (κ3) is 4.45. The maximum atomic E-state index is 13.5. The minimum Gasteiger partial charge on any atom is -0.396 e. The molecule has 27 heavy (non-hydrogen) atoms. The molecule has 0 radical (unpaired) electrons. The maximum absolute atomic E-state index is 13.5. The Kier molecular flexibility index (Phi) is 6.07. The molecule has 144 valence electrons. The van der Waals surface area contributed by atoms with Gasteiger partial charge in [0.15, 0.2) is 0 Å². The molecule has 2 fully saturated rings. The van der Waals surface area contributed by atoms with Gasteiger partial charge in [-0.15, -0.1) is 0 Å². The van der Waals surface area contributed by atoms with Crippen LogP contribution < -0.4 is 0 Å². The molecular weight excluding hydrogens is 352 g/mol. The van der Waals surface area contributed by atoms with E-state index in [9.17, 15) is 23.9 Å². The van der Waals surface area contributed by atoms with Crippen LogP contribution in [0.1, 0.15) is 31.2 Å². The van der Waals surface area contributed by atoms with E-state index in [2.05, 4.69) is 6.07 Å². The number of piperidine rings is 2. The van der Waals surface area contributed by atoms with Crippen LogP contribution in [0.15, 0.2) is 23.8 Å². The molecule has 3 rings (SSSR count). The summed E-state index contributed by atoms with van der Waals surface area (Å²) >= 11 is 0. The van der Waals surface area contributed by atoms with Crippen molar-refractivity contribution in [2.45, 2.75) is 25.7 Å². The van der Waals surface area contributed by atoms with Gasteiger partial charge in [0.2, 0.25) is 0 Å². The van der Waals surface area contributed by atoms with Crippen LogP contribution in [0.5, 0.6) is 0 Å². The van der Waals surface area contributed by atoms with Crippen molar-refractivity contribution in [2.75, 3.05) is 32.8 Å². The molecule has 0 unspecified atom stereocenters. The molecule has 1 aromatic rings. The summed E-state index contributed by atoms with van der Waals surface area (Å²) in [6.45, 7) is 2.43. The zero-order chi connectivity index (χ0) is 19.4. The summed E-state index contributed by atoms with van der Waals surface area (Å²) in [5.41, 5.74) is 1.37. The number of aliphatic hydroxyl groups excluding tert-OH is 1. The van der Waals surface area contributed by atoms with E-state index in [0.717, 1.165) is 36.6 Å². The largest absolute Gasteiger partial charge is 0.396 e. The highest BCUT2D eigenvalue weighted by molar-refractivity contribution is 5.80. The van der Waals surface area contributed by atoms with E-state index in [-0.39, 0.29) is 24.1 Å². The predicted molar refractivity (Wildman–Crippen MR) is 96.5 cm³/mol. The van der Waals surface area contributed by atoms with Gasteiger partial charge >= 0.3 is 6.03 Å². The molecule has 2 aliphatic heterocycles. The van der Waals surface area contributed by atoms with Crippen molar-refractivity contribution in [3.63, 3.8) is 0 Å². The second-order valence-corrected chi connectivity index (χ2v) is 7.13. The SMILES string of the molecule is N#CC(=C1CCN(C(=O)N2CCC(CO)CC2)CC1)c1cc(F)cc(F)c1. The number of amides is 2. The highest BCUT2D eigenvalue weighted by Gasteiger charge is 2.28. The van der Waals surface area contributed by atoms with Gasteiger partial charge in [-0.2, -0.15) is 5.26 Å². The number of urea groups is 1. The fraction of sp³-hybridized carbons (Fsp3) is 0.500. The van der Waals surface area contributed by atoms with Gasteiger partial charge in [-0.25, -0.2) is 13.6 Å². The topological polar surface area (TPSA) is 67.6 Å². The lowest BCUT2D eigenvalue weighted by Gasteiger charge is -2.37. The summed E-state index contributed by atoms with van der Waals surface area (Å²) < 4.78 is 26.9. The number of likely N-dealkylation sites (tertiary alicyclic amines) is 2. The molecule has 1 aromatic carbocycles. The molecule has 2 amide bonds. The summed E-state index contributed by atoms with van der Waals surface area (Å²) in [6.07, 6.45) is 2.65. The minimum absolute atomic E-state index is 0.0132. The van der Waals surface area contributed by atoms with Gasteiger partial charge in [-0.1, -0.05) is 0 Å². The van der Waals surface area contributed by atoms with Gasteiger partial charge in [0.05, 0.1) is 11.6 Å². The highest BCUT2D eigenvalue weighted by Crippen LogP contribution is 2.28. The fourth-order valence-corrected chi connectivity index (χ4v) is 3.77. The van der Waals surface area contributed by atoms with Crippen molar-refractivity contribution >= 4 is 11.6 Å². The molecule has 2 heterocycles. The fourth-order valence-electron chi connectivity index (χ4n) is 3.77. The normalized spacial score (nSPS) is 18.4. The number of benzene rings is 1. The zero-order valence-electron chi connectivity index (χ0n) is 15.1. The lowest BCUT2D eigenvalue weighted by molar-refractivity contribution is 0.112. The number of allylic oxidation sites excluding steroid dienone is 1. The smallest absolute Gasteiger partial charge is 0.320 e. The van der Waals surface area contributed by atoms with Crippen molar-refractivity contribution in [2.24, 2.45) is 5.92 Å². The van der Waals surface area contributed by atoms with Gasteiger partial charge in [0, 0.05) is 38.9 Å². The molecule has 0 bridgehead atoms. The van der Waals surface area contributed by atoms with Crippen LogP contribution in [-0.4, -0.2) is 53.7 Å². The Balaban J connectivity index is 1.66. The monoisotopic (exact) mass is 375 g/mol. The number of hydrogen-bond acceptors (Lipinski definition) is 3. The molecule has 0 spiro atoms. The maximum Gasteiger partial charge on any atom is 0.320 e. The molecule has 0 saturated carbocycles. The number of aliphatic hydroxyl groups is 1. The van der Waals surface area contributed by atoms with Gasteiger partial charge in [0.1, 0.15) is 11.6 Å². The summed E-state index contributed by atoms with van der Waals surface area (Å²) in [6, 6.07) is 5.17. The van der Waals surface area contributed by atoms with Crippen LogP contribution in [-0.2, 0) is 0 Å². The Labute approximate surface area is 157 Å². The molecule has 2 saturated heterocycles. The van der Waals surface area contributed by atoms with E-state index in [1.165, 1.54) is 0 Å². The number of rotatable bonds is 2. The average Bonchev–Trinajstić information content (AvgIpc) is 2.68. The van der Waals surface area contributed by atoms with Gasteiger partial charge in [-0.3, -0.25) is 0 Å². The van der Waals surface area contributed by atoms with Crippen molar-refractivity contribution < 1.29 is 18.7 Å². The number of hydrogen-bond donors (Lipinski definition) is 1. The number of halogens is 2. The van der Waals surface area contributed by atoms with E-state index in [0.29, 0.717) is 44.6 Å². The molecule has 2 aliphatic rings. The molecule has 0 aliphatic carbocycles. The first kappa shape index (κ1) is 19.3. The summed E-state index contributed by atoms with van der Waals surface area (Å²) in [4.78, 5) is 16.2. The minimum atomic E-state index is -0.711. The molecule has 1 N–H and O–H groups in total. The predicted octanol–water partition coefficient (Wildman–Crippen LogP) is 3.16. The number of nitrogens with zero attached hydrogens (tertiary/aromatic N) is 3. The van der Waals surface area contributed by atoms with Crippen LogP contribution in [0.3, 0.4) is 0 Å². The van der Waals surface area contributed by atoms with E-state index in [4.69, 9.17) is 0 Å². The second-order valence-electron chi connectivity index (χ2n) is 7.13. The van der Waals surface area contributed by atoms with Crippen LogP contribution >= 0.6 is 0 Å². The summed E-state index contributed by atoms with van der Waals surface area (Å²) in [7, 11) is 0. The molecule has 0 aromatic heterocycles. The van der Waals surface area contributed by atoms with Crippen molar-refractivity contribution in [3.05, 3.63) is 41.0 Å². The van der Waals surface area contributed by atoms with Crippen LogP contribution in [0, 0.1) is 28.9 Å². The van der Waals surface area contributed by atoms with E-state index in [1.54, 1.807) is 4.90 Å². The van der Waals surface area contributed by atoms with E-state index < -0.39 is 11.6 Å². The van der Waals surface area contributed by atoms with Crippen molar-refractivity contribution in [3.8, 4) is 6.07 Å². The van der Waals surface area contributed by atoms with E-state index >= 15 is 0 Å². The Morgan fingerprint density at radius 2 is 1.63 bits per heavy atom. The Bertz CT molecular complexity index is 750. The standard InChI is InChI=1S/C20H23F2N3O2/c21-17-9-16(10-18(22)11-17)19(12-23)15-3-7-25(8-4-15)20(27)24-5-1-14(13-26)2-6-24/h9-11,14,26H,1-8,13H2. The summed E-state index contributed by atoms with van der Waals surface area (Å²) in [5, 5.41) is 18.7. The highest BCUT2D eigenvalue weighted by atomic mass is 19.1. The van der Waals surface area contributed by atoms with Crippen molar-refractivity contribution in [1.82, 2.24) is 9.80 Å². The first-order chi connectivity index (χ1) is 13.0. The molecule has 0 atom stereocenters. The second kappa shape index (κ2) is 8.49. The number of nitriles is 1. The Morgan fingerprint density at radius 1 is 1.07 bits per heavy atom. The van der Waals surface area contributed by atoms with Crippen LogP contribution in [0.2, 0.25) is 0 Å². The van der Waals surface area contributed by atoms with Gasteiger partial charge in [-0.05, 0) is 54.9 Å². The Morgan fingerprint density at radius 3 is 2.15 bits per heavy atom. The van der Waals surface area contributed by atoms with Gasteiger partial charge in [0.25, 0.3) is 0 Å². The van der Waals surface area contributed by atoms with Crippen molar-refractivity contribution in [1.29, 1.82) is 5.26 Å². The first-order valence-electron chi connectivity index (χ1n) is 9.25. The van der Waals surface area contributed by atoms with Gasteiger partial charge < -0.3 is 14.9 Å². The number of carbonyl (C=O) groups excluding carboxylic acids is 1. The third-order valence-electron chi connectivity index (χ3n) is 5.40. The first-order valence-corrected chi connectivity index (χ1v) is 9.25. The lowest BCUT2D eigenvalue weighted by Crippen LogP contribution is -2.48. The van der Waals surface area contributed by atoms with E-state index in [1.807, 2.05) is 4.90 Å². The summed E-state index contributed by atoms with van der Waals surface area (Å²) in [5.74, 6) is -1.15. The third-order valence-corrected chi connectivity index (χ3v) is 5.40. The van der Waals surface area contributed by atoms with Crippen LogP contribution in [0.4, 0.5) is 13.6 Å². The quantitative estimate of drug-likeness (QED) is 0.808.